The van der Waals surface area contributed by atoms with Crippen LogP contribution in [-0.2, 0) is 0 Å². The lowest BCUT2D eigenvalue weighted by atomic mass is 10.2. The third-order valence-electron chi connectivity index (χ3n) is 1.71. The van der Waals surface area contributed by atoms with Crippen molar-refractivity contribution in [2.45, 2.75) is 5.62 Å². The largest absolute Gasteiger partial charge is 0.351 e. The van der Waals surface area contributed by atoms with Crippen LogP contribution in [0.3, 0.4) is 0 Å². The van der Waals surface area contributed by atoms with Crippen molar-refractivity contribution in [1.82, 2.24) is 10.3 Å². The average molecular weight is 194 g/mol. The number of pyridine rings is 1. The molecule has 1 atom stereocenters. The van der Waals surface area contributed by atoms with Gasteiger partial charge in [0.1, 0.15) is 0 Å². The van der Waals surface area contributed by atoms with Crippen LogP contribution in [0, 0.1) is 0 Å². The van der Waals surface area contributed by atoms with E-state index in [0.717, 1.165) is 11.3 Å². The van der Waals surface area contributed by atoms with Gasteiger partial charge in [0.15, 0.2) is 5.62 Å². The second-order valence-electron chi connectivity index (χ2n) is 2.60. The summed E-state index contributed by atoms with van der Waals surface area (Å²) in [6.45, 7) is 0. The van der Waals surface area contributed by atoms with Gasteiger partial charge < -0.3 is 5.32 Å². The number of rotatable bonds is 1. The van der Waals surface area contributed by atoms with Crippen LogP contribution in [0.15, 0.2) is 35.6 Å². The van der Waals surface area contributed by atoms with Crippen molar-refractivity contribution in [3.05, 3.63) is 36.2 Å². The van der Waals surface area contributed by atoms with Crippen LogP contribution < -0.4 is 5.32 Å². The molecule has 1 aliphatic heterocycles. The van der Waals surface area contributed by atoms with Crippen LogP contribution >= 0.6 is 11.6 Å². The van der Waals surface area contributed by atoms with Crippen LogP contribution in [0.25, 0.3) is 5.70 Å². The van der Waals surface area contributed by atoms with Crippen molar-refractivity contribution in [2.24, 2.45) is 4.99 Å². The number of aliphatic imine (C=N–C) groups is 1. The molecule has 0 bridgehead atoms. The molecule has 2 rings (SSSR count). The van der Waals surface area contributed by atoms with Gasteiger partial charge in [-0.2, -0.15) is 0 Å². The molecule has 1 aromatic heterocycles. The summed E-state index contributed by atoms with van der Waals surface area (Å²) in [5.41, 5.74) is 1.59. The first-order chi connectivity index (χ1) is 6.36. The van der Waals surface area contributed by atoms with Crippen LogP contribution in [0.4, 0.5) is 0 Å². The fraction of sp³-hybridized carbons (Fsp3) is 0.111. The highest BCUT2D eigenvalue weighted by Crippen LogP contribution is 2.13. The zero-order valence-corrected chi connectivity index (χ0v) is 7.57. The molecule has 66 valence electrons. The molecular formula is C9H8ClN3. The maximum Gasteiger partial charge on any atom is 0.195 e. The molecule has 0 amide bonds. The maximum absolute atomic E-state index is 5.79. The van der Waals surface area contributed by atoms with E-state index in [1.165, 1.54) is 0 Å². The fourth-order valence-electron chi connectivity index (χ4n) is 1.11. The van der Waals surface area contributed by atoms with Crippen molar-refractivity contribution in [1.29, 1.82) is 0 Å². The minimum absolute atomic E-state index is 0.375. The van der Waals surface area contributed by atoms with Gasteiger partial charge in [-0.25, -0.2) is 0 Å². The van der Waals surface area contributed by atoms with Crippen molar-refractivity contribution >= 4 is 23.5 Å². The third-order valence-corrected chi connectivity index (χ3v) is 1.93. The van der Waals surface area contributed by atoms with E-state index in [-0.39, 0.29) is 5.62 Å². The molecule has 4 heteroatoms. The van der Waals surface area contributed by atoms with Crippen LogP contribution in [-0.4, -0.2) is 16.8 Å². The molecule has 0 aliphatic carbocycles. The molecule has 0 saturated carbocycles. The van der Waals surface area contributed by atoms with Crippen LogP contribution in [0.1, 0.15) is 5.56 Å². The van der Waals surface area contributed by atoms with E-state index in [2.05, 4.69) is 15.3 Å². The zero-order chi connectivity index (χ0) is 9.10. The number of alkyl halides is 1. The summed E-state index contributed by atoms with van der Waals surface area (Å²) in [4.78, 5) is 7.95. The lowest BCUT2D eigenvalue weighted by Gasteiger charge is -2.15. The average Bonchev–Trinajstić information content (AvgIpc) is 2.19. The Bertz CT molecular complexity index is 345. The predicted molar refractivity (Wildman–Crippen MR) is 53.5 cm³/mol. The van der Waals surface area contributed by atoms with Crippen LogP contribution in [0.5, 0.6) is 0 Å². The van der Waals surface area contributed by atoms with E-state index in [4.69, 9.17) is 11.6 Å². The molecule has 3 nitrogen and oxygen atoms in total. The molecule has 1 aromatic rings. The Labute approximate surface area is 81.2 Å². The van der Waals surface area contributed by atoms with E-state index in [0.29, 0.717) is 0 Å². The molecule has 0 saturated heterocycles. The Balaban J connectivity index is 2.28. The lowest BCUT2D eigenvalue weighted by Crippen LogP contribution is -2.23. The molecule has 1 aliphatic rings. The first kappa shape index (κ1) is 8.26. The summed E-state index contributed by atoms with van der Waals surface area (Å²) in [5, 5.41) is 3.02. The SMILES string of the molecule is ClC1N=CC=C(c2cccnc2)N1. The number of allylic oxidation sites excluding steroid dienone is 1. The Hall–Kier alpha value is -1.35. The number of halogens is 1. The first-order valence-electron chi connectivity index (χ1n) is 3.91. The molecule has 2 heterocycles. The third kappa shape index (κ3) is 1.87. The van der Waals surface area contributed by atoms with E-state index >= 15 is 0 Å². The normalized spacial score (nSPS) is 20.7. The predicted octanol–water partition coefficient (Wildman–Crippen LogP) is 1.62. The Morgan fingerprint density at radius 1 is 1.46 bits per heavy atom. The summed E-state index contributed by atoms with van der Waals surface area (Å²) < 4.78 is 0. The minimum Gasteiger partial charge on any atom is -0.351 e. The number of hydrogen-bond acceptors (Lipinski definition) is 3. The molecule has 0 spiro atoms. The summed E-state index contributed by atoms with van der Waals surface area (Å²) in [6.07, 6.45) is 7.08. The molecule has 0 radical (unpaired) electrons. The van der Waals surface area contributed by atoms with Gasteiger partial charge in [-0.1, -0.05) is 11.6 Å². The second kappa shape index (κ2) is 3.58. The standard InChI is InChI=1S/C9H8ClN3/c10-9-12-5-3-8(13-9)7-2-1-4-11-6-7/h1-6,9,13H. The number of aromatic nitrogens is 1. The first-order valence-corrected chi connectivity index (χ1v) is 4.34. The number of hydrogen-bond donors (Lipinski definition) is 1. The minimum atomic E-state index is -0.375. The number of nitrogens with one attached hydrogen (secondary N) is 1. The van der Waals surface area contributed by atoms with Gasteiger partial charge in [-0.05, 0) is 18.2 Å². The quantitative estimate of drug-likeness (QED) is 0.544. The summed E-state index contributed by atoms with van der Waals surface area (Å²) in [7, 11) is 0. The van der Waals surface area contributed by atoms with Crippen molar-refractivity contribution < 1.29 is 0 Å². The van der Waals surface area contributed by atoms with Gasteiger partial charge in [0.05, 0.1) is 0 Å². The second-order valence-corrected chi connectivity index (χ2v) is 3.01. The van der Waals surface area contributed by atoms with Crippen molar-refractivity contribution in [3.63, 3.8) is 0 Å². The van der Waals surface area contributed by atoms with Crippen molar-refractivity contribution in [3.8, 4) is 0 Å². The molecule has 1 unspecified atom stereocenters. The van der Waals surface area contributed by atoms with E-state index in [1.54, 1.807) is 18.6 Å². The fourth-order valence-corrected chi connectivity index (χ4v) is 1.29. The van der Waals surface area contributed by atoms with Crippen LogP contribution in [0.2, 0.25) is 0 Å². The van der Waals surface area contributed by atoms with Gasteiger partial charge in [0.25, 0.3) is 0 Å². The highest BCUT2D eigenvalue weighted by Gasteiger charge is 2.08. The maximum atomic E-state index is 5.79. The molecular weight excluding hydrogens is 186 g/mol. The topological polar surface area (TPSA) is 37.3 Å². The molecule has 1 N–H and O–H groups in total. The van der Waals surface area contributed by atoms with Gasteiger partial charge in [0, 0.05) is 29.9 Å². The Morgan fingerprint density at radius 2 is 2.38 bits per heavy atom. The monoisotopic (exact) mass is 193 g/mol. The Morgan fingerprint density at radius 3 is 3.08 bits per heavy atom. The van der Waals surface area contributed by atoms with Gasteiger partial charge in [0.2, 0.25) is 0 Å². The Kier molecular flexibility index (Phi) is 2.27. The summed E-state index contributed by atoms with van der Waals surface area (Å²) in [6, 6.07) is 3.85. The smallest absolute Gasteiger partial charge is 0.195 e. The molecule has 13 heavy (non-hydrogen) atoms. The highest BCUT2D eigenvalue weighted by molar-refractivity contribution is 6.21. The number of nitrogens with zero attached hydrogens (tertiary/aromatic N) is 2. The zero-order valence-electron chi connectivity index (χ0n) is 6.81. The molecule has 0 fully saturated rings. The van der Waals surface area contributed by atoms with E-state index in [1.807, 2.05) is 18.2 Å². The van der Waals surface area contributed by atoms with Gasteiger partial charge >= 0.3 is 0 Å². The molecule has 0 aromatic carbocycles. The lowest BCUT2D eigenvalue weighted by molar-refractivity contribution is 0.823. The highest BCUT2D eigenvalue weighted by atomic mass is 35.5. The summed E-state index contributed by atoms with van der Waals surface area (Å²) in [5.74, 6) is 0. The summed E-state index contributed by atoms with van der Waals surface area (Å²) >= 11 is 5.79. The van der Waals surface area contributed by atoms with Gasteiger partial charge in [-0.15, -0.1) is 0 Å². The van der Waals surface area contributed by atoms with E-state index in [9.17, 15) is 0 Å². The van der Waals surface area contributed by atoms with Gasteiger partial charge in [-0.3, -0.25) is 9.98 Å². The van der Waals surface area contributed by atoms with Crippen molar-refractivity contribution in [2.75, 3.05) is 0 Å². The van der Waals surface area contributed by atoms with E-state index < -0.39 is 0 Å².